The maximum atomic E-state index is 14.3. The predicted molar refractivity (Wildman–Crippen MR) is 190 cm³/mol. The lowest BCUT2D eigenvalue weighted by Crippen LogP contribution is -2.39. The minimum atomic E-state index is -2.64. The Labute approximate surface area is 271 Å². The number of halogens is 2. The second-order valence-corrected chi connectivity index (χ2v) is 13.5. The van der Waals surface area contributed by atoms with Gasteiger partial charge in [0.25, 0.3) is 0 Å². The molecule has 4 rings (SSSR count). The summed E-state index contributed by atoms with van der Waals surface area (Å²) in [5.74, 6) is -1.56. The molecule has 0 radical (unpaired) electrons. The molecule has 1 aromatic carbocycles. The number of alkyl halides is 2. The van der Waals surface area contributed by atoms with Crippen LogP contribution in [0.4, 0.5) is 14.6 Å². The fraction of sp³-hybridized carbons (Fsp3) is 0.475. The average molecular weight is 616 g/mol. The first kappa shape index (κ1) is 36.0. The highest BCUT2D eigenvalue weighted by Crippen LogP contribution is 2.57. The maximum absolute atomic E-state index is 14.3. The fourth-order valence-electron chi connectivity index (χ4n) is 6.45. The van der Waals surface area contributed by atoms with Crippen LogP contribution in [0.3, 0.4) is 0 Å². The van der Waals surface area contributed by atoms with Crippen molar-refractivity contribution in [2.45, 2.75) is 105 Å². The second-order valence-electron chi connectivity index (χ2n) is 13.5. The van der Waals surface area contributed by atoms with Gasteiger partial charge in [-0.25, -0.2) is 13.8 Å². The highest BCUT2D eigenvalue weighted by molar-refractivity contribution is 5.72. The first-order valence-electron chi connectivity index (χ1n) is 16.6. The molecule has 0 amide bonds. The Bertz CT molecular complexity index is 1410. The third-order valence-electron chi connectivity index (χ3n) is 8.76. The lowest BCUT2D eigenvalue weighted by Gasteiger charge is -2.31. The van der Waals surface area contributed by atoms with Crippen LogP contribution in [0.25, 0.3) is 17.0 Å². The normalized spacial score (nSPS) is 21.2. The number of hydrogen-bond donors (Lipinski definition) is 2. The number of hydrogen-bond acceptors (Lipinski definition) is 3. The van der Waals surface area contributed by atoms with Gasteiger partial charge in [-0.15, -0.1) is 6.58 Å². The summed E-state index contributed by atoms with van der Waals surface area (Å²) in [6.45, 7) is 27.3. The Morgan fingerprint density at radius 2 is 1.84 bits per heavy atom. The van der Waals surface area contributed by atoms with Crippen molar-refractivity contribution >= 4 is 11.5 Å². The summed E-state index contributed by atoms with van der Waals surface area (Å²) in [4.78, 5) is 5.02. The summed E-state index contributed by atoms with van der Waals surface area (Å²) >= 11 is 0. The number of rotatable bonds is 12. The van der Waals surface area contributed by atoms with Crippen molar-refractivity contribution in [3.63, 3.8) is 0 Å². The van der Waals surface area contributed by atoms with Crippen LogP contribution in [0, 0.1) is 24.2 Å². The highest BCUT2D eigenvalue weighted by atomic mass is 19.3. The van der Waals surface area contributed by atoms with Crippen LogP contribution in [0.5, 0.6) is 0 Å². The van der Waals surface area contributed by atoms with Crippen molar-refractivity contribution < 1.29 is 8.78 Å². The Balaban J connectivity index is 0.00000271. The molecule has 1 heterocycles. The van der Waals surface area contributed by atoms with Crippen LogP contribution >= 0.6 is 0 Å². The number of aromatic nitrogens is 1. The standard InChI is InChI=1S/C38H49F2N3.C2H6/c1-9-12-26(2)24-36(7,8)43-29(5)31-13-10-14-32(23-31)35-28(4)17-19-34(42-35)41-30(6)37(21-22-37)33-15-11-20-38(39,40)25-27(3)16-18-33;1-2/h9-10,13-19,23,26-27,43H,1,5-6,11-12,20-22,24-25H2,2-4,7-8H3,(H,41,42);1-2H3/b18-16-,33-15+;. The predicted octanol–water partition coefficient (Wildman–Crippen LogP) is 11.7. The van der Waals surface area contributed by atoms with Gasteiger partial charge < -0.3 is 10.6 Å². The number of allylic oxidation sites excluding steroid dienone is 5. The second kappa shape index (κ2) is 15.2. The Hall–Kier alpha value is -3.47. The molecule has 0 saturated heterocycles. The molecule has 1 aromatic heterocycles. The topological polar surface area (TPSA) is 37.0 Å². The SMILES string of the molecule is C=CCC(C)CC(C)(C)NC(=C)c1cccc(-c2nc(NC(=C)C3(C4=C/CCC(F)(F)CC(C)/C=C\4)CC3)ccc2C)c1.CC. The Kier molecular flexibility index (Phi) is 12.2. The summed E-state index contributed by atoms with van der Waals surface area (Å²) in [5, 5.41) is 7.13. The molecule has 0 aliphatic heterocycles. The fourth-order valence-corrected chi connectivity index (χ4v) is 6.45. The van der Waals surface area contributed by atoms with E-state index in [1.165, 1.54) is 0 Å². The van der Waals surface area contributed by atoms with E-state index in [-0.39, 0.29) is 29.7 Å². The maximum Gasteiger partial charge on any atom is 0.249 e. The van der Waals surface area contributed by atoms with Gasteiger partial charge in [-0.1, -0.05) is 89.4 Å². The Morgan fingerprint density at radius 3 is 2.51 bits per heavy atom. The van der Waals surface area contributed by atoms with Crippen LogP contribution in [0.1, 0.15) is 97.6 Å². The van der Waals surface area contributed by atoms with E-state index in [0.717, 1.165) is 70.9 Å². The van der Waals surface area contributed by atoms with Gasteiger partial charge in [-0.3, -0.25) is 0 Å². The molecule has 244 valence electrons. The third-order valence-corrected chi connectivity index (χ3v) is 8.76. The van der Waals surface area contributed by atoms with Crippen LogP contribution < -0.4 is 10.6 Å². The first-order valence-corrected chi connectivity index (χ1v) is 16.6. The van der Waals surface area contributed by atoms with Gasteiger partial charge in [0.05, 0.1) is 5.69 Å². The van der Waals surface area contributed by atoms with Gasteiger partial charge >= 0.3 is 0 Å². The molecule has 0 bridgehead atoms. The minimum absolute atomic E-state index is 0.105. The summed E-state index contributed by atoms with van der Waals surface area (Å²) in [6.07, 6.45) is 12.0. The van der Waals surface area contributed by atoms with Crippen molar-refractivity contribution in [3.05, 3.63) is 103 Å². The molecule has 2 aliphatic carbocycles. The molecule has 1 fully saturated rings. The molecule has 1 saturated carbocycles. The average Bonchev–Trinajstić information content (AvgIpc) is 3.77. The zero-order valence-electron chi connectivity index (χ0n) is 28.7. The third kappa shape index (κ3) is 9.76. The van der Waals surface area contributed by atoms with E-state index >= 15 is 0 Å². The molecule has 3 nitrogen and oxygen atoms in total. The van der Waals surface area contributed by atoms with Crippen LogP contribution in [0.2, 0.25) is 0 Å². The summed E-state index contributed by atoms with van der Waals surface area (Å²) < 4.78 is 28.5. The van der Waals surface area contributed by atoms with Crippen LogP contribution in [-0.4, -0.2) is 16.4 Å². The molecule has 0 spiro atoms. The Morgan fingerprint density at radius 1 is 1.13 bits per heavy atom. The van der Waals surface area contributed by atoms with Gasteiger partial charge in [-0.05, 0) is 93.5 Å². The monoisotopic (exact) mass is 615 g/mol. The van der Waals surface area contributed by atoms with Gasteiger partial charge in [0.15, 0.2) is 0 Å². The van der Waals surface area contributed by atoms with Crippen molar-refractivity contribution in [2.24, 2.45) is 17.3 Å². The number of nitrogens with one attached hydrogen (secondary N) is 2. The molecule has 5 heteroatoms. The molecule has 2 N–H and O–H groups in total. The molecule has 2 aliphatic rings. The van der Waals surface area contributed by atoms with Gasteiger partial charge in [-0.2, -0.15) is 0 Å². The molecular formula is C40H55F2N3. The lowest BCUT2D eigenvalue weighted by atomic mass is 9.89. The van der Waals surface area contributed by atoms with E-state index in [4.69, 9.17) is 4.98 Å². The van der Waals surface area contributed by atoms with Gasteiger partial charge in [0.2, 0.25) is 5.92 Å². The quantitative estimate of drug-likeness (QED) is 0.233. The lowest BCUT2D eigenvalue weighted by molar-refractivity contribution is -0.0232. The smallest absolute Gasteiger partial charge is 0.249 e. The zero-order chi connectivity index (χ0) is 33.4. The van der Waals surface area contributed by atoms with E-state index in [1.54, 1.807) is 0 Å². The van der Waals surface area contributed by atoms with Crippen molar-refractivity contribution in [3.8, 4) is 11.3 Å². The molecule has 2 unspecified atom stereocenters. The highest BCUT2D eigenvalue weighted by Gasteiger charge is 2.48. The number of aryl methyl sites for hydroxylation is 1. The largest absolute Gasteiger partial charge is 0.380 e. The van der Waals surface area contributed by atoms with E-state index < -0.39 is 5.92 Å². The summed E-state index contributed by atoms with van der Waals surface area (Å²) in [5.41, 5.74) is 6.50. The van der Waals surface area contributed by atoms with Crippen LogP contribution in [-0.2, 0) is 0 Å². The number of nitrogens with zero attached hydrogens (tertiary/aromatic N) is 1. The van der Waals surface area contributed by atoms with Gasteiger partial charge in [0, 0.05) is 40.8 Å². The molecular weight excluding hydrogens is 560 g/mol. The molecule has 2 aromatic rings. The van der Waals surface area contributed by atoms with E-state index in [1.807, 2.05) is 57.2 Å². The van der Waals surface area contributed by atoms with Crippen LogP contribution in [0.15, 0.2) is 91.7 Å². The van der Waals surface area contributed by atoms with Crippen molar-refractivity contribution in [2.75, 3.05) is 5.32 Å². The first-order chi connectivity index (χ1) is 21.2. The zero-order valence-corrected chi connectivity index (χ0v) is 28.7. The van der Waals surface area contributed by atoms with E-state index in [2.05, 4.69) is 82.3 Å². The van der Waals surface area contributed by atoms with Crippen molar-refractivity contribution in [1.29, 1.82) is 0 Å². The van der Waals surface area contributed by atoms with Gasteiger partial charge in [0.1, 0.15) is 5.82 Å². The number of pyridine rings is 1. The number of anilines is 1. The van der Waals surface area contributed by atoms with Crippen molar-refractivity contribution in [1.82, 2.24) is 10.3 Å². The number of benzene rings is 1. The minimum Gasteiger partial charge on any atom is -0.380 e. The molecule has 45 heavy (non-hydrogen) atoms. The van der Waals surface area contributed by atoms with E-state index in [9.17, 15) is 8.78 Å². The summed E-state index contributed by atoms with van der Waals surface area (Å²) in [6, 6.07) is 12.4. The summed E-state index contributed by atoms with van der Waals surface area (Å²) in [7, 11) is 0. The molecule has 2 atom stereocenters. The van der Waals surface area contributed by atoms with E-state index in [0.29, 0.717) is 12.3 Å².